The molecule has 0 aliphatic heterocycles. The van der Waals surface area contributed by atoms with Crippen molar-refractivity contribution in [2.24, 2.45) is 5.92 Å². The highest BCUT2D eigenvalue weighted by atomic mass is 16.4. The second kappa shape index (κ2) is 5.17. The summed E-state index contributed by atoms with van der Waals surface area (Å²) in [6.45, 7) is 6.47. The highest BCUT2D eigenvalue weighted by Gasteiger charge is 2.29. The van der Waals surface area contributed by atoms with Gasteiger partial charge in [-0.15, -0.1) is 0 Å². The Hall–Kier alpha value is -1.84. The maximum atomic E-state index is 11.4. The lowest BCUT2D eigenvalue weighted by atomic mass is 9.80. The highest BCUT2D eigenvalue weighted by Crippen LogP contribution is 2.39. The lowest BCUT2D eigenvalue weighted by molar-refractivity contribution is 0.0699. The average Bonchev–Trinajstić information content (AvgIpc) is 2.75. The molecule has 1 aliphatic carbocycles. The van der Waals surface area contributed by atoms with E-state index in [9.17, 15) is 9.90 Å². The fourth-order valence-corrected chi connectivity index (χ4v) is 3.28. The zero-order chi connectivity index (χ0) is 15.1. The number of carboxylic acid groups (broad SMARTS) is 1. The van der Waals surface area contributed by atoms with Crippen LogP contribution in [0.15, 0.2) is 18.2 Å². The first kappa shape index (κ1) is 14.1. The molecule has 1 fully saturated rings. The molecule has 1 aliphatic rings. The topological polar surface area (TPSA) is 55.1 Å². The van der Waals surface area contributed by atoms with E-state index >= 15 is 0 Å². The summed E-state index contributed by atoms with van der Waals surface area (Å²) in [6, 6.07) is 5.84. The summed E-state index contributed by atoms with van der Waals surface area (Å²) in [6.07, 6.45) is 3.83. The number of benzene rings is 1. The van der Waals surface area contributed by atoms with Crippen LogP contribution in [0.2, 0.25) is 0 Å². The van der Waals surface area contributed by atoms with E-state index in [1.807, 2.05) is 12.1 Å². The molecular formula is C17H22N2O2. The third kappa shape index (κ3) is 2.23. The van der Waals surface area contributed by atoms with Crippen molar-refractivity contribution >= 4 is 17.0 Å². The van der Waals surface area contributed by atoms with Gasteiger partial charge in [-0.2, -0.15) is 0 Å². The third-order valence-electron chi connectivity index (χ3n) is 4.73. The molecule has 3 rings (SSSR count). The van der Waals surface area contributed by atoms with Crippen LogP contribution in [0, 0.1) is 5.92 Å². The van der Waals surface area contributed by atoms with Crippen LogP contribution in [0.3, 0.4) is 0 Å². The van der Waals surface area contributed by atoms with Crippen molar-refractivity contribution in [1.82, 2.24) is 9.55 Å². The molecule has 1 aromatic heterocycles. The molecule has 1 saturated carbocycles. The van der Waals surface area contributed by atoms with E-state index in [-0.39, 0.29) is 5.92 Å². The van der Waals surface area contributed by atoms with Crippen LogP contribution in [0.25, 0.3) is 11.0 Å². The van der Waals surface area contributed by atoms with Crippen LogP contribution in [-0.4, -0.2) is 20.6 Å². The Labute approximate surface area is 124 Å². The Bertz CT molecular complexity index is 683. The van der Waals surface area contributed by atoms with Gasteiger partial charge in [0.2, 0.25) is 0 Å². The number of fused-ring (bicyclic) bond motifs is 1. The van der Waals surface area contributed by atoms with Gasteiger partial charge in [-0.1, -0.05) is 26.3 Å². The summed E-state index contributed by atoms with van der Waals surface area (Å²) >= 11 is 0. The van der Waals surface area contributed by atoms with Crippen molar-refractivity contribution in [2.75, 3.05) is 0 Å². The standard InChI is InChI=1S/C17H22N2O2/c1-10(2)16-18-15-13(17(20)21)8-5-9-14(15)19(16)11(3)12-6-4-7-12/h5,8-12H,4,6-7H2,1-3H3,(H,20,21). The SMILES string of the molecule is CC(C)c1nc2c(C(=O)O)cccc2n1C(C)C1CCC1. The van der Waals surface area contributed by atoms with E-state index in [0.29, 0.717) is 23.0 Å². The number of nitrogens with zero attached hydrogens (tertiary/aromatic N) is 2. The molecular weight excluding hydrogens is 264 g/mol. The quantitative estimate of drug-likeness (QED) is 0.915. The minimum atomic E-state index is -0.906. The first-order valence-electron chi connectivity index (χ1n) is 7.74. The fourth-order valence-electron chi connectivity index (χ4n) is 3.28. The van der Waals surface area contributed by atoms with E-state index in [1.54, 1.807) is 6.07 Å². The van der Waals surface area contributed by atoms with Gasteiger partial charge in [0.15, 0.2) is 0 Å². The largest absolute Gasteiger partial charge is 0.478 e. The van der Waals surface area contributed by atoms with Crippen LogP contribution in [-0.2, 0) is 0 Å². The molecule has 0 saturated heterocycles. The Kier molecular flexibility index (Phi) is 3.47. The molecule has 112 valence electrons. The zero-order valence-corrected chi connectivity index (χ0v) is 12.8. The lowest BCUT2D eigenvalue weighted by Gasteiger charge is -2.34. The van der Waals surface area contributed by atoms with Crippen LogP contribution in [0.1, 0.15) is 68.2 Å². The Morgan fingerprint density at radius 1 is 1.33 bits per heavy atom. The van der Waals surface area contributed by atoms with E-state index in [2.05, 4.69) is 30.3 Å². The summed E-state index contributed by atoms with van der Waals surface area (Å²) in [7, 11) is 0. The molecule has 0 radical (unpaired) electrons. The predicted molar refractivity (Wildman–Crippen MR) is 82.8 cm³/mol. The minimum Gasteiger partial charge on any atom is -0.478 e. The van der Waals surface area contributed by atoms with Gasteiger partial charge in [-0.25, -0.2) is 9.78 Å². The first-order chi connectivity index (χ1) is 10.0. The summed E-state index contributed by atoms with van der Waals surface area (Å²) in [5, 5.41) is 9.38. The van der Waals surface area contributed by atoms with Gasteiger partial charge in [0, 0.05) is 12.0 Å². The molecule has 21 heavy (non-hydrogen) atoms. The number of carbonyl (C=O) groups is 1. The summed E-state index contributed by atoms with van der Waals surface area (Å²) in [5.74, 6) is 1.06. The summed E-state index contributed by atoms with van der Waals surface area (Å²) in [4.78, 5) is 16.1. The molecule has 0 bridgehead atoms. The lowest BCUT2D eigenvalue weighted by Crippen LogP contribution is -2.24. The maximum Gasteiger partial charge on any atom is 0.337 e. The van der Waals surface area contributed by atoms with Crippen LogP contribution in [0.5, 0.6) is 0 Å². The smallest absolute Gasteiger partial charge is 0.337 e. The van der Waals surface area contributed by atoms with Crippen LogP contribution in [0.4, 0.5) is 0 Å². The van der Waals surface area contributed by atoms with Gasteiger partial charge in [0.1, 0.15) is 11.3 Å². The molecule has 1 aromatic carbocycles. The third-order valence-corrected chi connectivity index (χ3v) is 4.73. The van der Waals surface area contributed by atoms with Gasteiger partial charge in [-0.3, -0.25) is 0 Å². The number of aromatic carboxylic acids is 1. The van der Waals surface area contributed by atoms with E-state index in [1.165, 1.54) is 19.3 Å². The maximum absolute atomic E-state index is 11.4. The fraction of sp³-hybridized carbons (Fsp3) is 0.529. The van der Waals surface area contributed by atoms with E-state index in [4.69, 9.17) is 0 Å². The van der Waals surface area contributed by atoms with Crippen molar-refractivity contribution in [3.05, 3.63) is 29.6 Å². The highest BCUT2D eigenvalue weighted by molar-refractivity contribution is 6.01. The van der Waals surface area contributed by atoms with E-state index in [0.717, 1.165) is 11.3 Å². The molecule has 0 amide bonds. The number of rotatable bonds is 4. The normalized spacial score (nSPS) is 17.1. The number of carboxylic acids is 1. The summed E-state index contributed by atoms with van der Waals surface area (Å²) < 4.78 is 2.27. The van der Waals surface area contributed by atoms with Crippen molar-refractivity contribution in [3.63, 3.8) is 0 Å². The zero-order valence-electron chi connectivity index (χ0n) is 12.8. The number of aromatic nitrogens is 2. The van der Waals surface area contributed by atoms with Crippen molar-refractivity contribution in [3.8, 4) is 0 Å². The molecule has 1 N–H and O–H groups in total. The minimum absolute atomic E-state index is 0.279. The molecule has 4 nitrogen and oxygen atoms in total. The Morgan fingerprint density at radius 2 is 2.05 bits per heavy atom. The van der Waals surface area contributed by atoms with Crippen LogP contribution < -0.4 is 0 Å². The van der Waals surface area contributed by atoms with Gasteiger partial charge >= 0.3 is 5.97 Å². The van der Waals surface area contributed by atoms with Gasteiger partial charge in [0.05, 0.1) is 11.1 Å². The van der Waals surface area contributed by atoms with Crippen molar-refractivity contribution in [1.29, 1.82) is 0 Å². The van der Waals surface area contributed by atoms with Gasteiger partial charge < -0.3 is 9.67 Å². The predicted octanol–water partition coefficient (Wildman–Crippen LogP) is 4.22. The molecule has 0 spiro atoms. The van der Waals surface area contributed by atoms with Crippen molar-refractivity contribution in [2.45, 2.75) is 52.0 Å². The number of hydrogen-bond acceptors (Lipinski definition) is 2. The Balaban J connectivity index is 2.22. The second-order valence-electron chi connectivity index (χ2n) is 6.40. The number of imidazole rings is 1. The molecule has 2 aromatic rings. The van der Waals surface area contributed by atoms with Gasteiger partial charge in [0.25, 0.3) is 0 Å². The first-order valence-corrected chi connectivity index (χ1v) is 7.74. The number of hydrogen-bond donors (Lipinski definition) is 1. The van der Waals surface area contributed by atoms with Crippen LogP contribution >= 0.6 is 0 Å². The van der Waals surface area contributed by atoms with Gasteiger partial charge in [-0.05, 0) is 37.8 Å². The Morgan fingerprint density at radius 3 is 2.57 bits per heavy atom. The molecule has 1 atom stereocenters. The number of para-hydroxylation sites is 1. The summed E-state index contributed by atoms with van der Waals surface area (Å²) in [5.41, 5.74) is 1.88. The molecule has 1 heterocycles. The van der Waals surface area contributed by atoms with Crippen molar-refractivity contribution < 1.29 is 9.90 Å². The van der Waals surface area contributed by atoms with E-state index < -0.39 is 5.97 Å². The average molecular weight is 286 g/mol. The monoisotopic (exact) mass is 286 g/mol. The molecule has 4 heteroatoms. The molecule has 1 unspecified atom stereocenters. The second-order valence-corrected chi connectivity index (χ2v) is 6.40.